The third-order valence-corrected chi connectivity index (χ3v) is 2.37. The molecular formula is C6H11FO2S. The highest BCUT2D eigenvalue weighted by atomic mass is 32.2. The van der Waals surface area contributed by atoms with Gasteiger partial charge in [0.05, 0.1) is 6.67 Å². The number of carboxylic acids is 1. The minimum Gasteiger partial charge on any atom is -0.480 e. The Morgan fingerprint density at radius 1 is 1.80 bits per heavy atom. The highest BCUT2D eigenvalue weighted by Gasteiger charge is 2.13. The van der Waals surface area contributed by atoms with Crippen LogP contribution in [-0.2, 0) is 4.79 Å². The maximum absolute atomic E-state index is 11.5. The summed E-state index contributed by atoms with van der Waals surface area (Å²) < 4.78 is 11.5. The fourth-order valence-corrected chi connectivity index (χ4v) is 1.30. The quantitative estimate of drug-likeness (QED) is 0.673. The average molecular weight is 166 g/mol. The monoisotopic (exact) mass is 166 g/mol. The molecule has 0 aliphatic rings. The van der Waals surface area contributed by atoms with Crippen molar-refractivity contribution in [2.45, 2.75) is 18.6 Å². The van der Waals surface area contributed by atoms with E-state index in [0.717, 1.165) is 11.8 Å². The molecule has 0 bridgehead atoms. The molecule has 2 nitrogen and oxygen atoms in total. The van der Waals surface area contributed by atoms with Crippen molar-refractivity contribution in [1.29, 1.82) is 0 Å². The molecule has 0 amide bonds. The number of alkyl halides is 1. The lowest BCUT2D eigenvalue weighted by molar-refractivity contribution is -0.136. The molecule has 0 saturated carbocycles. The maximum Gasteiger partial charge on any atom is 0.316 e. The Hall–Kier alpha value is -0.250. The first-order valence-corrected chi connectivity index (χ1v) is 4.17. The van der Waals surface area contributed by atoms with E-state index in [0.29, 0.717) is 6.42 Å². The van der Waals surface area contributed by atoms with Gasteiger partial charge in [-0.25, -0.2) is 0 Å². The summed E-state index contributed by atoms with van der Waals surface area (Å²) in [4.78, 5) is 10.3. The Bertz CT molecular complexity index is 108. The third kappa shape index (κ3) is 3.71. The Morgan fingerprint density at radius 2 is 2.40 bits per heavy atom. The predicted octanol–water partition coefficient (Wildman–Crippen LogP) is 1.55. The van der Waals surface area contributed by atoms with Crippen molar-refractivity contribution in [2.75, 3.05) is 12.4 Å². The summed E-state index contributed by atoms with van der Waals surface area (Å²) in [6.45, 7) is 1.33. The van der Waals surface area contributed by atoms with Crippen LogP contribution in [0.4, 0.5) is 4.39 Å². The molecule has 10 heavy (non-hydrogen) atoms. The van der Waals surface area contributed by atoms with Gasteiger partial charge in [-0.2, -0.15) is 0 Å². The zero-order chi connectivity index (χ0) is 7.98. The number of carboxylic acid groups (broad SMARTS) is 1. The van der Waals surface area contributed by atoms with Crippen molar-refractivity contribution in [3.8, 4) is 0 Å². The highest BCUT2D eigenvalue weighted by molar-refractivity contribution is 8.00. The van der Waals surface area contributed by atoms with Crippen molar-refractivity contribution in [3.63, 3.8) is 0 Å². The van der Waals surface area contributed by atoms with Crippen molar-refractivity contribution in [3.05, 3.63) is 0 Å². The summed E-state index contributed by atoms with van der Waals surface area (Å²) in [5.74, 6) is -0.564. The molecule has 0 saturated heterocycles. The van der Waals surface area contributed by atoms with Gasteiger partial charge in [0.2, 0.25) is 0 Å². The van der Waals surface area contributed by atoms with Crippen LogP contribution in [0.1, 0.15) is 13.3 Å². The van der Waals surface area contributed by atoms with Gasteiger partial charge in [-0.3, -0.25) is 9.18 Å². The summed E-state index contributed by atoms with van der Waals surface area (Å²) in [7, 11) is 0. The van der Waals surface area contributed by atoms with Gasteiger partial charge in [0.25, 0.3) is 0 Å². The average Bonchev–Trinajstić information content (AvgIpc) is 1.89. The lowest BCUT2D eigenvalue weighted by atomic mass is 10.3. The Kier molecular flexibility index (Phi) is 5.39. The fourth-order valence-electron chi connectivity index (χ4n) is 0.551. The van der Waals surface area contributed by atoms with Crippen LogP contribution < -0.4 is 0 Å². The fraction of sp³-hybridized carbons (Fsp3) is 0.833. The molecule has 0 aliphatic heterocycles. The second-order valence-electron chi connectivity index (χ2n) is 1.79. The standard InChI is InChI=1S/C6H11FO2S/c1-2-5(6(8)9)10-4-3-7/h5H,2-4H2,1H3,(H,8,9). The molecule has 0 heterocycles. The van der Waals surface area contributed by atoms with Crippen LogP contribution in [0.15, 0.2) is 0 Å². The molecule has 0 rings (SSSR count). The van der Waals surface area contributed by atoms with Crippen LogP contribution in [0.2, 0.25) is 0 Å². The van der Waals surface area contributed by atoms with Crippen LogP contribution >= 0.6 is 11.8 Å². The molecule has 0 aromatic carbocycles. The van der Waals surface area contributed by atoms with Gasteiger partial charge in [0.15, 0.2) is 0 Å². The highest BCUT2D eigenvalue weighted by Crippen LogP contribution is 2.13. The molecule has 0 fully saturated rings. The molecular weight excluding hydrogens is 155 g/mol. The molecule has 1 atom stereocenters. The summed E-state index contributed by atoms with van der Waals surface area (Å²) in [5, 5.41) is 8.02. The van der Waals surface area contributed by atoms with Crippen molar-refractivity contribution in [2.24, 2.45) is 0 Å². The maximum atomic E-state index is 11.5. The molecule has 4 heteroatoms. The summed E-state index contributed by atoms with van der Waals surface area (Å²) >= 11 is 1.16. The van der Waals surface area contributed by atoms with E-state index in [1.165, 1.54) is 0 Å². The minimum atomic E-state index is -0.846. The second kappa shape index (κ2) is 5.53. The smallest absolute Gasteiger partial charge is 0.316 e. The zero-order valence-corrected chi connectivity index (χ0v) is 6.66. The topological polar surface area (TPSA) is 37.3 Å². The lowest BCUT2D eigenvalue weighted by Gasteiger charge is -2.06. The van der Waals surface area contributed by atoms with Crippen molar-refractivity contribution < 1.29 is 14.3 Å². The predicted molar refractivity (Wildman–Crippen MR) is 40.1 cm³/mol. The van der Waals surface area contributed by atoms with E-state index in [-0.39, 0.29) is 5.75 Å². The number of hydrogen-bond donors (Lipinski definition) is 1. The van der Waals surface area contributed by atoms with E-state index in [1.54, 1.807) is 6.92 Å². The van der Waals surface area contributed by atoms with Crippen LogP contribution in [0.3, 0.4) is 0 Å². The van der Waals surface area contributed by atoms with E-state index in [2.05, 4.69) is 0 Å². The first kappa shape index (κ1) is 9.75. The molecule has 0 aromatic heterocycles. The second-order valence-corrected chi connectivity index (χ2v) is 3.11. The summed E-state index contributed by atoms with van der Waals surface area (Å²) in [6.07, 6.45) is 0.556. The van der Waals surface area contributed by atoms with Crippen LogP contribution in [0, 0.1) is 0 Å². The van der Waals surface area contributed by atoms with Gasteiger partial charge < -0.3 is 5.11 Å². The van der Waals surface area contributed by atoms with Gasteiger partial charge in [-0.1, -0.05) is 6.92 Å². The molecule has 0 aromatic rings. The number of halogens is 1. The van der Waals surface area contributed by atoms with E-state index in [1.807, 2.05) is 0 Å². The lowest BCUT2D eigenvalue weighted by Crippen LogP contribution is -2.15. The van der Waals surface area contributed by atoms with Crippen LogP contribution in [0.5, 0.6) is 0 Å². The number of hydrogen-bond acceptors (Lipinski definition) is 2. The van der Waals surface area contributed by atoms with Crippen molar-refractivity contribution >= 4 is 17.7 Å². The van der Waals surface area contributed by atoms with Crippen LogP contribution in [-0.4, -0.2) is 28.8 Å². The number of carbonyl (C=O) groups is 1. The van der Waals surface area contributed by atoms with E-state index in [4.69, 9.17) is 5.11 Å². The number of rotatable bonds is 5. The van der Waals surface area contributed by atoms with E-state index >= 15 is 0 Å². The number of thioether (sulfide) groups is 1. The van der Waals surface area contributed by atoms with E-state index < -0.39 is 17.9 Å². The van der Waals surface area contributed by atoms with Gasteiger partial charge >= 0.3 is 5.97 Å². The largest absolute Gasteiger partial charge is 0.480 e. The van der Waals surface area contributed by atoms with E-state index in [9.17, 15) is 9.18 Å². The SMILES string of the molecule is CCC(SCCF)C(=O)O. The van der Waals surface area contributed by atoms with Gasteiger partial charge in [-0.05, 0) is 6.42 Å². The first-order valence-electron chi connectivity index (χ1n) is 3.12. The Balaban J connectivity index is 3.50. The zero-order valence-electron chi connectivity index (χ0n) is 5.84. The Labute approximate surface area is 63.8 Å². The first-order chi connectivity index (χ1) is 4.72. The summed E-state index contributed by atoms with van der Waals surface area (Å²) in [5.41, 5.74) is 0. The van der Waals surface area contributed by atoms with Gasteiger partial charge in [-0.15, -0.1) is 11.8 Å². The van der Waals surface area contributed by atoms with Crippen LogP contribution in [0.25, 0.3) is 0 Å². The molecule has 1 unspecified atom stereocenters. The van der Waals surface area contributed by atoms with Gasteiger partial charge in [0.1, 0.15) is 5.25 Å². The van der Waals surface area contributed by atoms with Crippen molar-refractivity contribution in [1.82, 2.24) is 0 Å². The number of aliphatic carboxylic acids is 1. The normalized spacial score (nSPS) is 13.0. The minimum absolute atomic E-state index is 0.283. The summed E-state index contributed by atoms with van der Waals surface area (Å²) in [6, 6.07) is 0. The molecule has 0 spiro atoms. The van der Waals surface area contributed by atoms with Gasteiger partial charge in [0, 0.05) is 5.75 Å². The molecule has 0 radical (unpaired) electrons. The molecule has 0 aliphatic carbocycles. The Morgan fingerprint density at radius 3 is 2.70 bits per heavy atom. The molecule has 60 valence electrons. The third-order valence-electron chi connectivity index (χ3n) is 1.04. The molecule has 1 N–H and O–H groups in total.